The minimum atomic E-state index is -0.396. The summed E-state index contributed by atoms with van der Waals surface area (Å²) in [6, 6.07) is 22.8. The number of ether oxygens (including phenoxy) is 1. The number of nitrogens with zero attached hydrogens (tertiary/aromatic N) is 2. The second kappa shape index (κ2) is 7.76. The molecular formula is C26H17ClN2O3S. The molecule has 0 radical (unpaired) electrons. The first kappa shape index (κ1) is 20.0. The van der Waals surface area contributed by atoms with E-state index in [0.29, 0.717) is 22.2 Å². The molecule has 0 unspecified atom stereocenters. The summed E-state index contributed by atoms with van der Waals surface area (Å²) in [5.74, 6) is 0.0815. The Hall–Kier alpha value is -3.61. The number of hydrogen-bond acceptors (Lipinski definition) is 5. The van der Waals surface area contributed by atoms with Crippen LogP contribution in [0.4, 0.5) is 0 Å². The van der Waals surface area contributed by atoms with Crippen molar-refractivity contribution in [2.75, 3.05) is 0 Å². The average molecular weight is 473 g/mol. The normalized spacial score (nSPS) is 11.6. The first-order chi connectivity index (χ1) is 16.1. The Bertz CT molecular complexity index is 1680. The second-order valence-corrected chi connectivity index (χ2v) is 9.25. The van der Waals surface area contributed by atoms with Crippen molar-refractivity contribution >= 4 is 61.1 Å². The summed E-state index contributed by atoms with van der Waals surface area (Å²) >= 11 is 7.70. The molecule has 0 saturated carbocycles. The van der Waals surface area contributed by atoms with Gasteiger partial charge < -0.3 is 9.15 Å². The number of halogens is 1. The molecular weight excluding hydrogens is 456 g/mol. The fraction of sp³-hybridized carbons (Fsp3) is 0.0769. The highest BCUT2D eigenvalue weighted by atomic mass is 35.5. The Kier molecular flexibility index (Phi) is 4.71. The van der Waals surface area contributed by atoms with Crippen LogP contribution in [0, 0.1) is 6.92 Å². The number of carbonyl (C=O) groups excluding carboxylic acids is 1. The van der Waals surface area contributed by atoms with Crippen LogP contribution in [0.2, 0.25) is 5.02 Å². The molecule has 0 aliphatic heterocycles. The Labute approximate surface area is 197 Å². The molecule has 0 fully saturated rings. The molecule has 162 valence electrons. The van der Waals surface area contributed by atoms with E-state index in [-0.39, 0.29) is 0 Å². The largest absolute Gasteiger partial charge is 0.456 e. The van der Waals surface area contributed by atoms with Gasteiger partial charge in [-0.3, -0.25) is 4.68 Å². The lowest BCUT2D eigenvalue weighted by Gasteiger charge is -2.05. The summed E-state index contributed by atoms with van der Waals surface area (Å²) in [5, 5.41) is 8.17. The zero-order valence-electron chi connectivity index (χ0n) is 17.5. The monoisotopic (exact) mass is 472 g/mol. The lowest BCUT2D eigenvalue weighted by Crippen LogP contribution is -2.06. The number of para-hydroxylation sites is 1. The van der Waals surface area contributed by atoms with E-state index in [2.05, 4.69) is 5.10 Å². The standard InChI is InChI=1S/C26H17ClN2O3S/c1-15-19-13-24(33-25(19)29(28-15)14-16-6-2-4-8-21(16)27)26(30)31-17-10-11-23-20(12-17)18-7-3-5-9-22(18)32-23/h2-13H,14H2,1H3. The van der Waals surface area contributed by atoms with Crippen molar-refractivity contribution in [3.05, 3.63) is 94.0 Å². The zero-order chi connectivity index (χ0) is 22.5. The topological polar surface area (TPSA) is 57.3 Å². The molecule has 7 heteroatoms. The van der Waals surface area contributed by atoms with Gasteiger partial charge in [0.05, 0.1) is 12.2 Å². The molecule has 0 N–H and O–H groups in total. The van der Waals surface area contributed by atoms with Crippen LogP contribution < -0.4 is 4.74 Å². The summed E-state index contributed by atoms with van der Waals surface area (Å²) < 4.78 is 13.5. The Morgan fingerprint density at radius 1 is 1.00 bits per heavy atom. The average Bonchev–Trinajstić information content (AvgIpc) is 3.49. The molecule has 33 heavy (non-hydrogen) atoms. The third kappa shape index (κ3) is 3.48. The van der Waals surface area contributed by atoms with Gasteiger partial charge >= 0.3 is 5.97 Å². The third-order valence-electron chi connectivity index (χ3n) is 5.65. The van der Waals surface area contributed by atoms with E-state index in [0.717, 1.165) is 43.4 Å². The SMILES string of the molecule is Cc1nn(Cc2ccccc2Cl)c2sc(C(=O)Oc3ccc4oc5ccccc5c4c3)cc12. The van der Waals surface area contributed by atoms with Crippen molar-refractivity contribution in [2.45, 2.75) is 13.5 Å². The Morgan fingerprint density at radius 2 is 1.79 bits per heavy atom. The van der Waals surface area contributed by atoms with Crippen LogP contribution in [0.1, 0.15) is 20.9 Å². The molecule has 0 amide bonds. The number of carbonyl (C=O) groups is 1. The van der Waals surface area contributed by atoms with Crippen LogP contribution in [-0.4, -0.2) is 15.7 Å². The number of hydrogen-bond donors (Lipinski definition) is 0. The molecule has 5 nitrogen and oxygen atoms in total. The van der Waals surface area contributed by atoms with Crippen molar-refractivity contribution in [1.29, 1.82) is 0 Å². The summed E-state index contributed by atoms with van der Waals surface area (Å²) in [4.78, 5) is 14.4. The maximum absolute atomic E-state index is 13.0. The van der Waals surface area contributed by atoms with Gasteiger partial charge in [0.25, 0.3) is 0 Å². The van der Waals surface area contributed by atoms with Crippen molar-refractivity contribution in [2.24, 2.45) is 0 Å². The minimum absolute atomic E-state index is 0.396. The number of rotatable bonds is 4. The Balaban J connectivity index is 1.31. The van der Waals surface area contributed by atoms with Gasteiger partial charge in [-0.15, -0.1) is 11.3 Å². The first-order valence-electron chi connectivity index (χ1n) is 10.4. The van der Waals surface area contributed by atoms with E-state index in [4.69, 9.17) is 20.8 Å². The fourth-order valence-electron chi connectivity index (χ4n) is 4.03. The van der Waals surface area contributed by atoms with Gasteiger partial charge in [0.15, 0.2) is 0 Å². The smallest absolute Gasteiger partial charge is 0.353 e. The fourth-order valence-corrected chi connectivity index (χ4v) is 5.27. The molecule has 0 aliphatic carbocycles. The van der Waals surface area contributed by atoms with E-state index >= 15 is 0 Å². The molecule has 3 heterocycles. The molecule has 0 atom stereocenters. The third-order valence-corrected chi connectivity index (χ3v) is 7.14. The number of esters is 1. The van der Waals surface area contributed by atoms with E-state index in [9.17, 15) is 4.79 Å². The predicted octanol–water partition coefficient (Wildman–Crippen LogP) is 7.23. The van der Waals surface area contributed by atoms with Crippen molar-refractivity contribution in [3.63, 3.8) is 0 Å². The van der Waals surface area contributed by atoms with Crippen LogP contribution in [0.3, 0.4) is 0 Å². The highest BCUT2D eigenvalue weighted by Gasteiger charge is 2.19. The van der Waals surface area contributed by atoms with E-state index in [1.807, 2.05) is 78.3 Å². The number of benzene rings is 3. The number of thiophene rings is 1. The first-order valence-corrected chi connectivity index (χ1v) is 11.6. The van der Waals surface area contributed by atoms with Crippen LogP contribution in [-0.2, 0) is 6.54 Å². The second-order valence-electron chi connectivity index (χ2n) is 7.81. The quantitative estimate of drug-likeness (QED) is 0.200. The highest BCUT2D eigenvalue weighted by Crippen LogP contribution is 2.33. The Morgan fingerprint density at radius 3 is 2.67 bits per heavy atom. The molecule has 0 saturated heterocycles. The summed E-state index contributed by atoms with van der Waals surface area (Å²) in [6.07, 6.45) is 0. The lowest BCUT2D eigenvalue weighted by atomic mass is 10.1. The summed E-state index contributed by atoms with van der Waals surface area (Å²) in [5.41, 5.74) is 3.40. The lowest BCUT2D eigenvalue weighted by molar-refractivity contribution is 0.0740. The maximum Gasteiger partial charge on any atom is 0.353 e. The van der Waals surface area contributed by atoms with Crippen molar-refractivity contribution < 1.29 is 13.9 Å². The van der Waals surface area contributed by atoms with Gasteiger partial charge in [0.2, 0.25) is 0 Å². The number of aromatic nitrogens is 2. The van der Waals surface area contributed by atoms with Gasteiger partial charge in [-0.1, -0.05) is 48.0 Å². The number of furan rings is 1. The van der Waals surface area contributed by atoms with Gasteiger partial charge in [-0.25, -0.2) is 4.79 Å². The van der Waals surface area contributed by atoms with E-state index in [1.165, 1.54) is 11.3 Å². The van der Waals surface area contributed by atoms with Crippen LogP contribution in [0.15, 0.2) is 77.2 Å². The van der Waals surface area contributed by atoms with Gasteiger partial charge in [-0.05, 0) is 48.9 Å². The van der Waals surface area contributed by atoms with E-state index < -0.39 is 5.97 Å². The van der Waals surface area contributed by atoms with Gasteiger partial charge in [0, 0.05) is 21.2 Å². The van der Waals surface area contributed by atoms with Crippen molar-refractivity contribution in [1.82, 2.24) is 9.78 Å². The van der Waals surface area contributed by atoms with Crippen LogP contribution in [0.5, 0.6) is 5.75 Å². The molecule has 0 spiro atoms. The van der Waals surface area contributed by atoms with Crippen LogP contribution in [0.25, 0.3) is 32.2 Å². The molecule has 3 aromatic carbocycles. The minimum Gasteiger partial charge on any atom is -0.456 e. The molecule has 0 bridgehead atoms. The summed E-state index contributed by atoms with van der Waals surface area (Å²) in [7, 11) is 0. The van der Waals surface area contributed by atoms with E-state index in [1.54, 1.807) is 6.07 Å². The maximum atomic E-state index is 13.0. The predicted molar refractivity (Wildman–Crippen MR) is 132 cm³/mol. The molecule has 6 rings (SSSR count). The number of fused-ring (bicyclic) bond motifs is 4. The summed E-state index contributed by atoms with van der Waals surface area (Å²) in [6.45, 7) is 2.47. The molecule has 6 aromatic rings. The molecule has 0 aliphatic rings. The zero-order valence-corrected chi connectivity index (χ0v) is 19.1. The highest BCUT2D eigenvalue weighted by molar-refractivity contribution is 7.20. The van der Waals surface area contributed by atoms with Gasteiger partial charge in [0.1, 0.15) is 26.6 Å². The molecule has 3 aromatic heterocycles. The van der Waals surface area contributed by atoms with Gasteiger partial charge in [-0.2, -0.15) is 5.10 Å². The number of aryl methyl sites for hydroxylation is 1. The van der Waals surface area contributed by atoms with Crippen LogP contribution >= 0.6 is 22.9 Å². The van der Waals surface area contributed by atoms with Crippen molar-refractivity contribution in [3.8, 4) is 5.75 Å².